The average Bonchev–Trinajstić information content (AvgIpc) is 3.24. The highest BCUT2D eigenvalue weighted by molar-refractivity contribution is 6.15. The molecule has 96 valence electrons. The fourth-order valence-electron chi connectivity index (χ4n) is 2.35. The van der Waals surface area contributed by atoms with E-state index in [2.05, 4.69) is 0 Å². The molecular weight excluding hydrogens is 242 g/mol. The van der Waals surface area contributed by atoms with E-state index in [0.717, 1.165) is 12.8 Å². The molecule has 0 spiro atoms. The van der Waals surface area contributed by atoms with E-state index in [1.54, 1.807) is 29.2 Å². The van der Waals surface area contributed by atoms with E-state index in [4.69, 9.17) is 5.26 Å². The zero-order valence-corrected chi connectivity index (χ0v) is 10.4. The van der Waals surface area contributed by atoms with Gasteiger partial charge in [0.25, 0.3) is 0 Å². The van der Waals surface area contributed by atoms with Crippen LogP contribution in [0.4, 0.5) is 10.5 Å². The van der Waals surface area contributed by atoms with Gasteiger partial charge in [-0.15, -0.1) is 0 Å². The largest absolute Gasteiger partial charge is 0.331 e. The standard InChI is InChI=1S/C14H13N3O2/c15-9-10-2-1-3-12(8-10)17-13(18)6-7-16(14(17)19)11-4-5-11/h1-3,8,11H,4-7H2. The highest BCUT2D eigenvalue weighted by Gasteiger charge is 2.40. The minimum atomic E-state index is -0.256. The molecule has 19 heavy (non-hydrogen) atoms. The molecule has 1 aliphatic carbocycles. The second-order valence-electron chi connectivity index (χ2n) is 4.85. The fraction of sp³-hybridized carbons (Fsp3) is 0.357. The van der Waals surface area contributed by atoms with Crippen LogP contribution in [-0.4, -0.2) is 29.4 Å². The summed E-state index contributed by atoms with van der Waals surface area (Å²) < 4.78 is 0. The first-order valence-electron chi connectivity index (χ1n) is 6.34. The van der Waals surface area contributed by atoms with E-state index in [0.29, 0.717) is 30.3 Å². The number of rotatable bonds is 2. The van der Waals surface area contributed by atoms with Gasteiger partial charge in [0.1, 0.15) is 0 Å². The Balaban J connectivity index is 1.93. The van der Waals surface area contributed by atoms with Crippen molar-refractivity contribution in [2.75, 3.05) is 11.4 Å². The molecule has 5 heteroatoms. The molecule has 1 aliphatic heterocycles. The van der Waals surface area contributed by atoms with Gasteiger partial charge in [0.15, 0.2) is 0 Å². The minimum Gasteiger partial charge on any atom is -0.320 e. The fourth-order valence-corrected chi connectivity index (χ4v) is 2.35. The van der Waals surface area contributed by atoms with Crippen molar-refractivity contribution in [3.05, 3.63) is 29.8 Å². The lowest BCUT2D eigenvalue weighted by Crippen LogP contribution is -2.53. The summed E-state index contributed by atoms with van der Waals surface area (Å²) in [6, 6.07) is 8.66. The molecule has 0 N–H and O–H groups in total. The van der Waals surface area contributed by atoms with Crippen molar-refractivity contribution in [3.63, 3.8) is 0 Å². The molecule has 0 radical (unpaired) electrons. The number of imide groups is 1. The predicted molar refractivity (Wildman–Crippen MR) is 68.4 cm³/mol. The number of amides is 3. The number of nitriles is 1. The molecule has 2 aliphatic rings. The molecule has 2 fully saturated rings. The van der Waals surface area contributed by atoms with Crippen molar-refractivity contribution in [2.45, 2.75) is 25.3 Å². The van der Waals surface area contributed by atoms with Gasteiger partial charge in [-0.3, -0.25) is 4.79 Å². The van der Waals surface area contributed by atoms with Crippen molar-refractivity contribution < 1.29 is 9.59 Å². The number of anilines is 1. The third-order valence-electron chi connectivity index (χ3n) is 3.47. The van der Waals surface area contributed by atoms with Crippen LogP contribution in [0.1, 0.15) is 24.8 Å². The zero-order valence-electron chi connectivity index (χ0n) is 10.4. The summed E-state index contributed by atoms with van der Waals surface area (Å²) in [6.07, 6.45) is 2.39. The van der Waals surface area contributed by atoms with Gasteiger partial charge in [-0.2, -0.15) is 5.26 Å². The second-order valence-corrected chi connectivity index (χ2v) is 4.85. The van der Waals surface area contributed by atoms with E-state index in [-0.39, 0.29) is 11.9 Å². The SMILES string of the molecule is N#Cc1cccc(N2C(=O)CCN(C3CC3)C2=O)c1. The first kappa shape index (κ1) is 11.7. The Labute approximate surface area is 111 Å². The van der Waals surface area contributed by atoms with Gasteiger partial charge in [-0.1, -0.05) is 6.07 Å². The van der Waals surface area contributed by atoms with Gasteiger partial charge in [0.05, 0.1) is 17.3 Å². The molecule has 1 heterocycles. The Kier molecular flexibility index (Phi) is 2.71. The molecule has 5 nitrogen and oxygen atoms in total. The van der Waals surface area contributed by atoms with Crippen LogP contribution in [0.2, 0.25) is 0 Å². The number of benzene rings is 1. The number of hydrogen-bond acceptors (Lipinski definition) is 3. The van der Waals surface area contributed by atoms with E-state index < -0.39 is 0 Å². The van der Waals surface area contributed by atoms with Crippen LogP contribution < -0.4 is 4.90 Å². The summed E-state index contributed by atoms with van der Waals surface area (Å²) in [4.78, 5) is 27.3. The summed E-state index contributed by atoms with van der Waals surface area (Å²) in [5.74, 6) is -0.197. The van der Waals surface area contributed by atoms with Gasteiger partial charge in [-0.05, 0) is 31.0 Å². The number of hydrogen-bond donors (Lipinski definition) is 0. The lowest BCUT2D eigenvalue weighted by Gasteiger charge is -2.34. The normalized spacial score (nSPS) is 19.5. The first-order valence-corrected chi connectivity index (χ1v) is 6.34. The zero-order chi connectivity index (χ0) is 13.4. The third-order valence-corrected chi connectivity index (χ3v) is 3.47. The minimum absolute atomic E-state index is 0.197. The van der Waals surface area contributed by atoms with Crippen molar-refractivity contribution in [1.82, 2.24) is 4.90 Å². The summed E-state index contributed by atoms with van der Waals surface area (Å²) in [6.45, 7) is 0.511. The van der Waals surface area contributed by atoms with Crippen LogP contribution in [0.5, 0.6) is 0 Å². The van der Waals surface area contributed by atoms with Crippen LogP contribution >= 0.6 is 0 Å². The van der Waals surface area contributed by atoms with Crippen molar-refractivity contribution in [3.8, 4) is 6.07 Å². The summed E-state index contributed by atoms with van der Waals surface area (Å²) in [5.41, 5.74) is 0.932. The number of nitrogens with zero attached hydrogens (tertiary/aromatic N) is 3. The highest BCUT2D eigenvalue weighted by Crippen LogP contribution is 2.31. The summed E-state index contributed by atoms with van der Waals surface area (Å²) in [5, 5.41) is 8.89. The van der Waals surface area contributed by atoms with Gasteiger partial charge in [0.2, 0.25) is 5.91 Å². The molecule has 0 atom stereocenters. The number of urea groups is 1. The van der Waals surface area contributed by atoms with Gasteiger partial charge in [0, 0.05) is 19.0 Å². The Morgan fingerprint density at radius 2 is 2.05 bits per heavy atom. The van der Waals surface area contributed by atoms with Crippen LogP contribution in [0.25, 0.3) is 0 Å². The summed E-state index contributed by atoms with van der Waals surface area (Å²) in [7, 11) is 0. The molecule has 1 saturated carbocycles. The maximum atomic E-state index is 12.4. The van der Waals surface area contributed by atoms with Crippen LogP contribution in [0.15, 0.2) is 24.3 Å². The molecule has 1 aromatic carbocycles. The average molecular weight is 255 g/mol. The molecule has 1 aromatic rings. The lowest BCUT2D eigenvalue weighted by atomic mass is 10.1. The van der Waals surface area contributed by atoms with E-state index in [9.17, 15) is 9.59 Å². The molecule has 0 unspecified atom stereocenters. The molecule has 0 aromatic heterocycles. The maximum absolute atomic E-state index is 12.4. The van der Waals surface area contributed by atoms with Crippen molar-refractivity contribution >= 4 is 17.6 Å². The Morgan fingerprint density at radius 3 is 2.74 bits per heavy atom. The number of carbonyl (C=O) groups is 2. The molecular formula is C14H13N3O2. The third kappa shape index (κ3) is 2.06. The van der Waals surface area contributed by atoms with E-state index >= 15 is 0 Å². The van der Waals surface area contributed by atoms with Crippen LogP contribution in [-0.2, 0) is 4.79 Å². The van der Waals surface area contributed by atoms with E-state index in [1.807, 2.05) is 6.07 Å². The molecule has 3 amide bonds. The van der Waals surface area contributed by atoms with Crippen molar-refractivity contribution in [2.24, 2.45) is 0 Å². The molecule has 3 rings (SSSR count). The smallest absolute Gasteiger partial charge is 0.320 e. The second kappa shape index (κ2) is 4.39. The van der Waals surface area contributed by atoms with Crippen LogP contribution in [0, 0.1) is 11.3 Å². The predicted octanol–water partition coefficient (Wildman–Crippen LogP) is 1.88. The van der Waals surface area contributed by atoms with E-state index in [1.165, 1.54) is 4.90 Å². The van der Waals surface area contributed by atoms with Gasteiger partial charge in [-0.25, -0.2) is 9.69 Å². The number of carbonyl (C=O) groups excluding carboxylic acids is 2. The monoisotopic (exact) mass is 255 g/mol. The molecule has 0 bridgehead atoms. The lowest BCUT2D eigenvalue weighted by molar-refractivity contribution is -0.119. The van der Waals surface area contributed by atoms with Crippen LogP contribution in [0.3, 0.4) is 0 Å². The Morgan fingerprint density at radius 1 is 1.26 bits per heavy atom. The topological polar surface area (TPSA) is 64.4 Å². The quantitative estimate of drug-likeness (QED) is 0.810. The maximum Gasteiger partial charge on any atom is 0.331 e. The van der Waals surface area contributed by atoms with Crippen molar-refractivity contribution in [1.29, 1.82) is 5.26 Å². The summed E-state index contributed by atoms with van der Waals surface area (Å²) >= 11 is 0. The highest BCUT2D eigenvalue weighted by atomic mass is 16.2. The van der Waals surface area contributed by atoms with Gasteiger partial charge >= 0.3 is 6.03 Å². The van der Waals surface area contributed by atoms with Gasteiger partial charge < -0.3 is 4.90 Å². The first-order chi connectivity index (χ1) is 9.20. The Bertz CT molecular complexity index is 587. The Hall–Kier alpha value is -2.35. The molecule has 1 saturated heterocycles.